The van der Waals surface area contributed by atoms with E-state index in [9.17, 15) is 0 Å². The number of hydrogen-bond acceptors (Lipinski definition) is 4. The Kier molecular flexibility index (Phi) is 7.62. The molecule has 0 spiro atoms. The maximum absolute atomic E-state index is 5.83. The van der Waals surface area contributed by atoms with Gasteiger partial charge in [-0.25, -0.2) is 0 Å². The maximum Gasteiger partial charge on any atom is 0.170 e. The van der Waals surface area contributed by atoms with Crippen molar-refractivity contribution in [1.29, 1.82) is 0 Å². The molecule has 0 radical (unpaired) electrons. The number of aromatic nitrogens is 2. The number of benzene rings is 1. The first-order chi connectivity index (χ1) is 16.1. The van der Waals surface area contributed by atoms with E-state index < -0.39 is 0 Å². The Bertz CT molecular complexity index is 1050. The van der Waals surface area contributed by atoms with Crippen molar-refractivity contribution in [3.8, 4) is 0 Å². The monoisotopic (exact) mass is 463 g/mol. The van der Waals surface area contributed by atoms with E-state index in [1.165, 1.54) is 17.0 Å². The molecular formula is C26H33N5OS. The van der Waals surface area contributed by atoms with Crippen LogP contribution in [0.3, 0.4) is 0 Å². The fraction of sp³-hybridized carbons (Fsp3) is 0.385. The first-order valence-corrected chi connectivity index (χ1v) is 11.9. The summed E-state index contributed by atoms with van der Waals surface area (Å²) in [6.07, 6.45) is 2.83. The molecule has 2 N–H and O–H groups in total. The molecule has 0 saturated carbocycles. The Hall–Kier alpha value is -2.90. The van der Waals surface area contributed by atoms with Gasteiger partial charge in [-0.05, 0) is 68.4 Å². The van der Waals surface area contributed by atoms with Crippen molar-refractivity contribution < 1.29 is 4.74 Å². The number of nitrogens with one attached hydrogen (secondary N) is 2. The molecule has 0 bridgehead atoms. The minimum absolute atomic E-state index is 0.0113. The van der Waals surface area contributed by atoms with Crippen LogP contribution in [0.4, 0.5) is 5.69 Å². The predicted molar refractivity (Wildman–Crippen MR) is 137 cm³/mol. The average molecular weight is 464 g/mol. The Morgan fingerprint density at radius 2 is 1.88 bits per heavy atom. The van der Waals surface area contributed by atoms with Gasteiger partial charge in [0.1, 0.15) is 0 Å². The summed E-state index contributed by atoms with van der Waals surface area (Å²) in [6.45, 7) is 7.64. The summed E-state index contributed by atoms with van der Waals surface area (Å²) < 4.78 is 7.68. The highest BCUT2D eigenvalue weighted by Gasteiger charge is 2.40. The van der Waals surface area contributed by atoms with E-state index in [1.54, 1.807) is 7.11 Å². The first kappa shape index (κ1) is 23.3. The van der Waals surface area contributed by atoms with E-state index >= 15 is 0 Å². The second-order valence-corrected chi connectivity index (χ2v) is 8.82. The molecular weight excluding hydrogens is 430 g/mol. The zero-order chi connectivity index (χ0) is 23.2. The van der Waals surface area contributed by atoms with Crippen LogP contribution in [0.5, 0.6) is 0 Å². The van der Waals surface area contributed by atoms with Crippen LogP contribution < -0.4 is 10.6 Å². The highest BCUT2D eigenvalue weighted by atomic mass is 32.1. The SMILES string of the molecule is COCCn1c(C)cc([C@@H]2[C@H](c3ccccn3)NC(=S)N2CCCNc2ccccc2)c1C. The van der Waals surface area contributed by atoms with Gasteiger partial charge in [0.15, 0.2) is 5.11 Å². The predicted octanol–water partition coefficient (Wildman–Crippen LogP) is 4.62. The van der Waals surface area contributed by atoms with Crippen LogP contribution >= 0.6 is 12.2 Å². The third kappa shape index (κ3) is 5.20. The van der Waals surface area contributed by atoms with Gasteiger partial charge in [-0.1, -0.05) is 24.3 Å². The van der Waals surface area contributed by atoms with Gasteiger partial charge in [0.05, 0.1) is 24.4 Å². The van der Waals surface area contributed by atoms with Gasteiger partial charge < -0.3 is 24.8 Å². The highest BCUT2D eigenvalue weighted by Crippen LogP contribution is 2.40. The van der Waals surface area contributed by atoms with Crippen LogP contribution in [0, 0.1) is 13.8 Å². The molecule has 2 aromatic heterocycles. The molecule has 6 nitrogen and oxygen atoms in total. The van der Waals surface area contributed by atoms with Crippen molar-refractivity contribution in [2.24, 2.45) is 0 Å². The molecule has 7 heteroatoms. The normalized spacial score (nSPS) is 17.9. The number of anilines is 1. The zero-order valence-electron chi connectivity index (χ0n) is 19.6. The molecule has 0 amide bonds. The summed E-state index contributed by atoms with van der Waals surface area (Å²) in [5.74, 6) is 0. The number of aryl methyl sites for hydroxylation is 1. The summed E-state index contributed by atoms with van der Waals surface area (Å²) in [4.78, 5) is 7.00. The van der Waals surface area contributed by atoms with Crippen molar-refractivity contribution >= 4 is 23.0 Å². The molecule has 4 rings (SSSR count). The minimum atomic E-state index is 0.0113. The van der Waals surface area contributed by atoms with Crippen LogP contribution in [-0.4, -0.2) is 46.4 Å². The maximum atomic E-state index is 5.83. The third-order valence-electron chi connectivity index (χ3n) is 6.33. The molecule has 2 atom stereocenters. The van der Waals surface area contributed by atoms with Crippen LogP contribution in [0.2, 0.25) is 0 Å². The summed E-state index contributed by atoms with van der Waals surface area (Å²) >= 11 is 5.83. The Morgan fingerprint density at radius 3 is 2.61 bits per heavy atom. The molecule has 3 heterocycles. The minimum Gasteiger partial charge on any atom is -0.385 e. The molecule has 0 aliphatic carbocycles. The fourth-order valence-corrected chi connectivity index (χ4v) is 5.01. The molecule has 1 fully saturated rings. The number of methoxy groups -OCH3 is 1. The highest BCUT2D eigenvalue weighted by molar-refractivity contribution is 7.80. The number of ether oxygens (including phenoxy) is 1. The number of para-hydroxylation sites is 1. The van der Waals surface area contributed by atoms with Crippen molar-refractivity contribution in [2.45, 2.75) is 38.9 Å². The van der Waals surface area contributed by atoms with E-state index in [4.69, 9.17) is 17.0 Å². The number of thiocarbonyl (C=S) groups is 1. The fourth-order valence-electron chi connectivity index (χ4n) is 4.68. The molecule has 1 aromatic carbocycles. The molecule has 1 saturated heterocycles. The molecule has 3 aromatic rings. The summed E-state index contributed by atoms with van der Waals surface area (Å²) in [6, 6.07) is 18.8. The van der Waals surface area contributed by atoms with E-state index in [-0.39, 0.29) is 12.1 Å². The van der Waals surface area contributed by atoms with Crippen molar-refractivity contribution in [1.82, 2.24) is 19.8 Å². The zero-order valence-corrected chi connectivity index (χ0v) is 20.4. The van der Waals surface area contributed by atoms with Crippen LogP contribution in [0.1, 0.15) is 41.1 Å². The standard InChI is InChI=1S/C26H33N5OS/c1-19-18-22(20(2)30(19)16-17-32-3)25-24(23-12-7-8-13-28-23)29-26(33)31(25)15-9-14-27-21-10-5-4-6-11-21/h4-8,10-13,18,24-25,27H,9,14-17H2,1-3H3,(H,29,33)/t24-,25+/m0/s1. The van der Waals surface area contributed by atoms with Gasteiger partial charge in [0.25, 0.3) is 0 Å². The van der Waals surface area contributed by atoms with E-state index in [0.717, 1.165) is 42.5 Å². The topological polar surface area (TPSA) is 54.4 Å². The first-order valence-electron chi connectivity index (χ1n) is 11.5. The van der Waals surface area contributed by atoms with Crippen molar-refractivity contribution in [3.05, 3.63) is 83.4 Å². The van der Waals surface area contributed by atoms with Gasteiger partial charge in [0, 0.05) is 50.0 Å². The summed E-state index contributed by atoms with van der Waals surface area (Å²) in [7, 11) is 1.75. The number of pyridine rings is 1. The van der Waals surface area contributed by atoms with Crippen molar-refractivity contribution in [3.63, 3.8) is 0 Å². The van der Waals surface area contributed by atoms with Gasteiger partial charge in [-0.2, -0.15) is 0 Å². The average Bonchev–Trinajstić information content (AvgIpc) is 3.31. The molecule has 33 heavy (non-hydrogen) atoms. The van der Waals surface area contributed by atoms with E-state index in [1.807, 2.05) is 24.4 Å². The van der Waals surface area contributed by atoms with Crippen molar-refractivity contribution in [2.75, 3.05) is 32.1 Å². The molecule has 1 aliphatic heterocycles. The lowest BCUT2D eigenvalue weighted by molar-refractivity contribution is 0.186. The summed E-state index contributed by atoms with van der Waals surface area (Å²) in [5.41, 5.74) is 5.94. The van der Waals surface area contributed by atoms with Crippen LogP contribution in [0.15, 0.2) is 60.8 Å². The Balaban J connectivity index is 1.57. The largest absolute Gasteiger partial charge is 0.385 e. The molecule has 174 valence electrons. The number of nitrogens with zero attached hydrogens (tertiary/aromatic N) is 3. The lowest BCUT2D eigenvalue weighted by Gasteiger charge is -2.28. The lowest BCUT2D eigenvalue weighted by atomic mass is 9.96. The summed E-state index contributed by atoms with van der Waals surface area (Å²) in [5, 5.41) is 7.86. The van der Waals surface area contributed by atoms with Gasteiger partial charge in [-0.15, -0.1) is 0 Å². The molecule has 0 unspecified atom stereocenters. The van der Waals surface area contributed by atoms with E-state index in [2.05, 4.69) is 75.3 Å². The van der Waals surface area contributed by atoms with Gasteiger partial charge >= 0.3 is 0 Å². The Labute approximate surface area is 202 Å². The van der Waals surface area contributed by atoms with Crippen LogP contribution in [-0.2, 0) is 11.3 Å². The second-order valence-electron chi connectivity index (χ2n) is 8.44. The van der Waals surface area contributed by atoms with Gasteiger partial charge in [-0.3, -0.25) is 4.98 Å². The van der Waals surface area contributed by atoms with E-state index in [0.29, 0.717) is 6.61 Å². The quantitative estimate of drug-likeness (QED) is 0.338. The van der Waals surface area contributed by atoms with Crippen LogP contribution in [0.25, 0.3) is 0 Å². The second kappa shape index (κ2) is 10.8. The lowest BCUT2D eigenvalue weighted by Crippen LogP contribution is -2.31. The number of hydrogen-bond donors (Lipinski definition) is 2. The van der Waals surface area contributed by atoms with Gasteiger partial charge in [0.2, 0.25) is 0 Å². The smallest absolute Gasteiger partial charge is 0.170 e. The Morgan fingerprint density at radius 1 is 1.09 bits per heavy atom. The number of rotatable bonds is 10. The molecule has 1 aliphatic rings. The third-order valence-corrected chi connectivity index (χ3v) is 6.68.